The van der Waals surface area contributed by atoms with Gasteiger partial charge in [0.05, 0.1) is 0 Å². The first-order valence-electron chi connectivity index (χ1n) is 13.3. The SMILES string of the molecule is CC1=C(C)[C](C)([Hf]([CH3])([CH3])[C]2(CC(C)c3ccccc3)C=Cc3cc4c(cc32)CCC4)C(C)=C1C. The van der Waals surface area contributed by atoms with Crippen molar-refractivity contribution < 1.29 is 20.0 Å². The van der Waals surface area contributed by atoms with Crippen molar-refractivity contribution in [1.29, 1.82) is 0 Å². The molecule has 178 valence electrons. The number of allylic oxidation sites excluding steroid dienone is 5. The van der Waals surface area contributed by atoms with Crippen LogP contribution in [0, 0.1) is 0 Å². The summed E-state index contributed by atoms with van der Waals surface area (Å²) in [6, 6.07) is 16.5. The van der Waals surface area contributed by atoms with Crippen molar-refractivity contribution in [3.63, 3.8) is 0 Å². The van der Waals surface area contributed by atoms with Crippen LogP contribution in [0.25, 0.3) is 6.08 Å². The molecule has 0 radical (unpaired) electrons. The molecule has 0 spiro atoms. The number of aryl methyl sites for hydroxylation is 2. The zero-order valence-electron chi connectivity index (χ0n) is 22.6. The summed E-state index contributed by atoms with van der Waals surface area (Å²) in [5, 5.41) is 0. The molecule has 0 saturated carbocycles. The Balaban J connectivity index is 1.72. The van der Waals surface area contributed by atoms with Crippen LogP contribution < -0.4 is 0 Å². The van der Waals surface area contributed by atoms with Crippen LogP contribution in [0.3, 0.4) is 0 Å². The second-order valence-electron chi connectivity index (χ2n) is 12.1. The van der Waals surface area contributed by atoms with Crippen molar-refractivity contribution in [2.24, 2.45) is 0 Å². The Morgan fingerprint density at radius 3 is 2.09 bits per heavy atom. The van der Waals surface area contributed by atoms with E-state index in [1.807, 2.05) is 0 Å². The van der Waals surface area contributed by atoms with Crippen molar-refractivity contribution in [3.8, 4) is 0 Å². The number of rotatable bonds is 5. The van der Waals surface area contributed by atoms with E-state index in [0.29, 0.717) is 5.92 Å². The normalized spacial score (nSPS) is 24.1. The van der Waals surface area contributed by atoms with E-state index in [4.69, 9.17) is 0 Å². The Morgan fingerprint density at radius 2 is 1.47 bits per heavy atom. The van der Waals surface area contributed by atoms with Crippen LogP contribution in [0.1, 0.15) is 88.1 Å². The third-order valence-electron chi connectivity index (χ3n) is 10.8. The predicted molar refractivity (Wildman–Crippen MR) is 145 cm³/mol. The standard InChI is InChI=1S/C21H21.C10H15.2CH3.Hf/c1-15(16-6-3-2-4-7-16)12-19-10-11-20-13-17-8-5-9-18(17)14-21(19)20;1-6-7(2)9(4)10(5)8(6)3;;;/h2-4,6-7,10-11,13-15H,5,8-9,12H2,1H3;1-5H3;2*1H3;. The van der Waals surface area contributed by atoms with Gasteiger partial charge in [-0.3, -0.25) is 0 Å². The van der Waals surface area contributed by atoms with Crippen LogP contribution in [0.2, 0.25) is 12.5 Å². The van der Waals surface area contributed by atoms with E-state index in [1.54, 1.807) is 39.0 Å². The number of fused-ring (bicyclic) bond motifs is 2. The van der Waals surface area contributed by atoms with Crippen molar-refractivity contribution in [3.05, 3.63) is 98.7 Å². The first-order chi connectivity index (χ1) is 16.0. The van der Waals surface area contributed by atoms with Crippen molar-refractivity contribution in [1.82, 2.24) is 0 Å². The van der Waals surface area contributed by atoms with Gasteiger partial charge in [-0.1, -0.05) is 0 Å². The molecule has 0 aromatic heterocycles. The molecule has 1 heteroatoms. The van der Waals surface area contributed by atoms with Gasteiger partial charge in [0.1, 0.15) is 0 Å². The molecule has 0 saturated heterocycles. The second-order valence-corrected chi connectivity index (χ2v) is 30.6. The first-order valence-corrected chi connectivity index (χ1v) is 24.1. The fourth-order valence-electron chi connectivity index (χ4n) is 7.83. The van der Waals surface area contributed by atoms with E-state index < -0.39 is 20.0 Å². The minimum absolute atomic E-state index is 0.192. The van der Waals surface area contributed by atoms with Gasteiger partial charge in [-0.2, -0.15) is 0 Å². The minimum atomic E-state index is -3.21. The van der Waals surface area contributed by atoms with E-state index in [0.717, 1.165) is 0 Å². The van der Waals surface area contributed by atoms with Crippen molar-refractivity contribution >= 4 is 6.08 Å². The molecule has 2 aromatic carbocycles. The summed E-state index contributed by atoms with van der Waals surface area (Å²) in [5.41, 5.74) is 14.3. The molecule has 0 bridgehead atoms. The van der Waals surface area contributed by atoms with Gasteiger partial charge in [-0.25, -0.2) is 0 Å². The first kappa shape index (κ1) is 24.2. The molecule has 5 rings (SSSR count). The fourth-order valence-corrected chi connectivity index (χ4v) is 27.0. The van der Waals surface area contributed by atoms with Gasteiger partial charge in [0.15, 0.2) is 0 Å². The molecule has 0 heterocycles. The van der Waals surface area contributed by atoms with Gasteiger partial charge in [-0.05, 0) is 0 Å². The number of hydrogen-bond acceptors (Lipinski definition) is 0. The Bertz CT molecular complexity index is 1210. The third-order valence-corrected chi connectivity index (χ3v) is 32.8. The van der Waals surface area contributed by atoms with Crippen molar-refractivity contribution in [2.75, 3.05) is 0 Å². The maximum atomic E-state index is 2.79. The van der Waals surface area contributed by atoms with Gasteiger partial charge < -0.3 is 0 Å². The molecule has 2 aromatic rings. The Morgan fingerprint density at radius 1 is 0.882 bits per heavy atom. The number of benzene rings is 2. The predicted octanol–water partition coefficient (Wildman–Crippen LogP) is 9.71. The summed E-state index contributed by atoms with van der Waals surface area (Å²) in [6.07, 6.45) is 10.3. The summed E-state index contributed by atoms with van der Waals surface area (Å²) in [4.78, 5) is 0. The van der Waals surface area contributed by atoms with Gasteiger partial charge >= 0.3 is 214 Å². The van der Waals surface area contributed by atoms with E-state index in [-0.39, 0.29) is 6.34 Å². The molecular formula is C33H42Hf. The quantitative estimate of drug-likeness (QED) is 0.293. The number of hydrogen-bond donors (Lipinski definition) is 0. The van der Waals surface area contributed by atoms with E-state index in [1.165, 1.54) is 36.8 Å². The molecule has 0 N–H and O–H groups in total. The Hall–Kier alpha value is -1.47. The molecule has 0 fully saturated rings. The van der Waals surface area contributed by atoms with E-state index >= 15 is 0 Å². The van der Waals surface area contributed by atoms with Gasteiger partial charge in [-0.15, -0.1) is 0 Å². The maximum absolute atomic E-state index is 3.21. The van der Waals surface area contributed by atoms with Crippen LogP contribution >= 0.6 is 0 Å². The van der Waals surface area contributed by atoms with E-state index in [9.17, 15) is 0 Å². The molecule has 0 amide bonds. The van der Waals surface area contributed by atoms with Crippen LogP contribution in [0.4, 0.5) is 0 Å². The molecule has 2 unspecified atom stereocenters. The molecule has 0 nitrogen and oxygen atoms in total. The van der Waals surface area contributed by atoms with Gasteiger partial charge in [0.25, 0.3) is 0 Å². The summed E-state index contributed by atoms with van der Waals surface area (Å²) in [5.74, 6) is 0.532. The summed E-state index contributed by atoms with van der Waals surface area (Å²) in [6.45, 7) is 14.7. The van der Waals surface area contributed by atoms with E-state index in [2.05, 4.69) is 106 Å². The summed E-state index contributed by atoms with van der Waals surface area (Å²) in [7, 11) is 0. The Labute approximate surface area is 212 Å². The monoisotopic (exact) mass is 618 g/mol. The molecular weight excluding hydrogens is 575 g/mol. The molecule has 0 aliphatic heterocycles. The Kier molecular flexibility index (Phi) is 5.91. The van der Waals surface area contributed by atoms with Crippen LogP contribution in [-0.2, 0) is 36.0 Å². The van der Waals surface area contributed by atoms with Crippen LogP contribution in [0.15, 0.2) is 70.8 Å². The zero-order chi connectivity index (χ0) is 24.5. The molecule has 3 aliphatic rings. The fraction of sp³-hybridized carbons (Fsp3) is 0.455. The molecule has 2 atom stereocenters. The summed E-state index contributed by atoms with van der Waals surface area (Å²) < 4.78 is 6.01. The topological polar surface area (TPSA) is 0 Å². The van der Waals surface area contributed by atoms with Crippen LogP contribution in [0.5, 0.6) is 0 Å². The van der Waals surface area contributed by atoms with Gasteiger partial charge in [0, 0.05) is 0 Å². The summed E-state index contributed by atoms with van der Waals surface area (Å²) >= 11 is -3.21. The molecule has 34 heavy (non-hydrogen) atoms. The van der Waals surface area contributed by atoms with Crippen molar-refractivity contribution in [2.45, 2.75) is 88.8 Å². The molecule has 3 aliphatic carbocycles. The van der Waals surface area contributed by atoms with Crippen LogP contribution in [-0.4, -0.2) is 0 Å². The second kappa shape index (κ2) is 8.29. The third kappa shape index (κ3) is 3.18. The van der Waals surface area contributed by atoms with Gasteiger partial charge in [0.2, 0.25) is 0 Å². The zero-order valence-corrected chi connectivity index (χ0v) is 26.2. The average molecular weight is 617 g/mol. The average Bonchev–Trinajstić information content (AvgIpc) is 3.48.